The van der Waals surface area contributed by atoms with Gasteiger partial charge in [-0.2, -0.15) is 15.1 Å². The highest BCUT2D eigenvalue weighted by atomic mass is 16.3. The summed E-state index contributed by atoms with van der Waals surface area (Å²) in [4.78, 5) is 12.5. The Kier molecular flexibility index (Phi) is 4.19. The van der Waals surface area contributed by atoms with E-state index in [-0.39, 0.29) is 0 Å². The summed E-state index contributed by atoms with van der Waals surface area (Å²) in [5.41, 5.74) is 2.88. The smallest absolute Gasteiger partial charge is 0.228 e. The van der Waals surface area contributed by atoms with Crippen LogP contribution in [0.3, 0.4) is 0 Å². The van der Waals surface area contributed by atoms with Gasteiger partial charge in [-0.3, -0.25) is 5.43 Å². The molecule has 7 nitrogen and oxygen atoms in total. The maximum atomic E-state index is 5.16. The molecule has 2 aromatic rings. The van der Waals surface area contributed by atoms with Gasteiger partial charge < -0.3 is 14.2 Å². The van der Waals surface area contributed by atoms with Crippen molar-refractivity contribution >= 4 is 23.8 Å². The highest BCUT2D eigenvalue weighted by Crippen LogP contribution is 2.17. The molecule has 0 saturated carbocycles. The van der Waals surface area contributed by atoms with Gasteiger partial charge in [-0.1, -0.05) is 0 Å². The number of hydrogen-bond donors (Lipinski definition) is 1. The van der Waals surface area contributed by atoms with Crippen molar-refractivity contribution in [3.63, 3.8) is 0 Å². The molecule has 0 aliphatic carbocycles. The quantitative estimate of drug-likeness (QED) is 0.660. The molecule has 0 radical (unpaired) electrons. The molecule has 2 heterocycles. The van der Waals surface area contributed by atoms with E-state index in [0.717, 1.165) is 5.82 Å². The summed E-state index contributed by atoms with van der Waals surface area (Å²) in [6.45, 7) is 0. The third-order valence-corrected chi connectivity index (χ3v) is 2.47. The normalized spacial score (nSPS) is 10.8. The molecule has 0 amide bonds. The van der Waals surface area contributed by atoms with Gasteiger partial charge >= 0.3 is 0 Å². The van der Waals surface area contributed by atoms with Crippen molar-refractivity contribution in [2.75, 3.05) is 43.4 Å². The highest BCUT2D eigenvalue weighted by Gasteiger charge is 2.07. The third kappa shape index (κ3) is 3.47. The molecule has 0 atom stereocenters. The van der Waals surface area contributed by atoms with E-state index in [1.165, 1.54) is 0 Å². The first-order valence-electron chi connectivity index (χ1n) is 6.12. The van der Waals surface area contributed by atoms with Gasteiger partial charge in [0.25, 0.3) is 0 Å². The Hall–Kier alpha value is -2.57. The number of anilines is 3. The van der Waals surface area contributed by atoms with Crippen molar-refractivity contribution in [3.8, 4) is 0 Å². The van der Waals surface area contributed by atoms with Gasteiger partial charge in [-0.05, 0) is 12.1 Å². The molecule has 0 bridgehead atoms. The monoisotopic (exact) mass is 274 g/mol. The lowest BCUT2D eigenvalue weighted by Crippen LogP contribution is -2.17. The van der Waals surface area contributed by atoms with Crippen molar-refractivity contribution in [3.05, 3.63) is 30.2 Å². The SMILES string of the molecule is CN(C)c1cc(NN=Cc2ccco2)nc(N(C)C)n1. The maximum absolute atomic E-state index is 5.16. The molecule has 0 fully saturated rings. The Morgan fingerprint density at radius 2 is 2.00 bits per heavy atom. The fraction of sp³-hybridized carbons (Fsp3) is 0.308. The molecule has 0 saturated heterocycles. The van der Waals surface area contributed by atoms with E-state index in [4.69, 9.17) is 4.42 Å². The average molecular weight is 274 g/mol. The number of nitrogens with one attached hydrogen (secondary N) is 1. The van der Waals surface area contributed by atoms with Crippen LogP contribution in [-0.2, 0) is 0 Å². The number of hydrogen-bond acceptors (Lipinski definition) is 7. The van der Waals surface area contributed by atoms with Crippen LogP contribution in [0.4, 0.5) is 17.6 Å². The predicted octanol–water partition coefficient (Wildman–Crippen LogP) is 1.65. The van der Waals surface area contributed by atoms with Crippen molar-refractivity contribution in [2.24, 2.45) is 5.10 Å². The number of hydrazone groups is 1. The lowest BCUT2D eigenvalue weighted by Gasteiger charge is -2.16. The first kappa shape index (κ1) is 13.9. The average Bonchev–Trinajstić information content (AvgIpc) is 2.91. The van der Waals surface area contributed by atoms with Crippen LogP contribution in [-0.4, -0.2) is 44.4 Å². The second kappa shape index (κ2) is 6.05. The summed E-state index contributed by atoms with van der Waals surface area (Å²) < 4.78 is 5.16. The maximum Gasteiger partial charge on any atom is 0.228 e. The van der Waals surface area contributed by atoms with E-state index < -0.39 is 0 Å². The molecule has 2 aromatic heterocycles. The second-order valence-corrected chi connectivity index (χ2v) is 4.59. The van der Waals surface area contributed by atoms with Crippen LogP contribution >= 0.6 is 0 Å². The van der Waals surface area contributed by atoms with Crippen molar-refractivity contribution in [1.29, 1.82) is 0 Å². The summed E-state index contributed by atoms with van der Waals surface area (Å²) >= 11 is 0. The van der Waals surface area contributed by atoms with E-state index >= 15 is 0 Å². The Balaban J connectivity index is 2.18. The van der Waals surface area contributed by atoms with Crippen LogP contribution in [0.25, 0.3) is 0 Å². The number of furan rings is 1. The molecule has 0 aromatic carbocycles. The van der Waals surface area contributed by atoms with Crippen LogP contribution in [0.15, 0.2) is 34.0 Å². The summed E-state index contributed by atoms with van der Waals surface area (Å²) in [5.74, 6) is 2.72. The van der Waals surface area contributed by atoms with E-state index in [2.05, 4.69) is 20.5 Å². The van der Waals surface area contributed by atoms with Crippen molar-refractivity contribution in [1.82, 2.24) is 9.97 Å². The second-order valence-electron chi connectivity index (χ2n) is 4.59. The van der Waals surface area contributed by atoms with Crippen LogP contribution in [0, 0.1) is 0 Å². The molecule has 2 rings (SSSR count). The summed E-state index contributed by atoms with van der Waals surface area (Å²) in [7, 11) is 7.64. The molecule has 0 aliphatic rings. The molecule has 0 unspecified atom stereocenters. The predicted molar refractivity (Wildman–Crippen MR) is 80.6 cm³/mol. The standard InChI is InChI=1S/C13H18N6O/c1-18(2)12-8-11(15-13(16-12)19(3)4)17-14-9-10-6-5-7-20-10/h5-9H,1-4H3,(H,15,16,17). The van der Waals surface area contributed by atoms with Gasteiger partial charge in [0, 0.05) is 34.3 Å². The van der Waals surface area contributed by atoms with Crippen molar-refractivity contribution in [2.45, 2.75) is 0 Å². The van der Waals surface area contributed by atoms with Crippen LogP contribution in [0.1, 0.15) is 5.76 Å². The molecular weight excluding hydrogens is 256 g/mol. The minimum Gasteiger partial charge on any atom is -0.463 e. The van der Waals surface area contributed by atoms with Crippen LogP contribution in [0.5, 0.6) is 0 Å². The Morgan fingerprint density at radius 1 is 1.20 bits per heavy atom. The molecule has 7 heteroatoms. The Morgan fingerprint density at radius 3 is 2.60 bits per heavy atom. The minimum atomic E-state index is 0.617. The summed E-state index contributed by atoms with van der Waals surface area (Å²) in [5, 5.41) is 4.09. The zero-order valence-electron chi connectivity index (χ0n) is 12.0. The molecule has 0 aliphatic heterocycles. The van der Waals surface area contributed by atoms with Gasteiger partial charge in [-0.25, -0.2) is 0 Å². The highest BCUT2D eigenvalue weighted by molar-refractivity contribution is 5.76. The van der Waals surface area contributed by atoms with Gasteiger partial charge in [0.1, 0.15) is 11.6 Å². The van der Waals surface area contributed by atoms with Gasteiger partial charge in [0.15, 0.2) is 5.82 Å². The van der Waals surface area contributed by atoms with E-state index in [9.17, 15) is 0 Å². The molecule has 1 N–H and O–H groups in total. The molecule has 20 heavy (non-hydrogen) atoms. The zero-order chi connectivity index (χ0) is 14.5. The van der Waals surface area contributed by atoms with E-state index in [0.29, 0.717) is 17.5 Å². The van der Waals surface area contributed by atoms with Gasteiger partial charge in [0.2, 0.25) is 5.95 Å². The zero-order valence-corrected chi connectivity index (χ0v) is 12.0. The van der Waals surface area contributed by atoms with Crippen LogP contribution in [0.2, 0.25) is 0 Å². The molecule has 0 spiro atoms. The Labute approximate surface area is 117 Å². The molecular formula is C13H18N6O. The van der Waals surface area contributed by atoms with Crippen molar-refractivity contribution < 1.29 is 4.42 Å². The fourth-order valence-corrected chi connectivity index (χ4v) is 1.44. The molecule has 106 valence electrons. The number of aromatic nitrogens is 2. The lowest BCUT2D eigenvalue weighted by molar-refractivity contribution is 0.560. The third-order valence-electron chi connectivity index (χ3n) is 2.47. The Bertz CT molecular complexity index is 550. The first-order valence-corrected chi connectivity index (χ1v) is 6.12. The number of nitrogens with zero attached hydrogens (tertiary/aromatic N) is 5. The minimum absolute atomic E-state index is 0.617. The largest absolute Gasteiger partial charge is 0.463 e. The van der Waals surface area contributed by atoms with Crippen LogP contribution < -0.4 is 15.2 Å². The van der Waals surface area contributed by atoms with E-state index in [1.807, 2.05) is 50.1 Å². The van der Waals surface area contributed by atoms with E-state index in [1.54, 1.807) is 18.5 Å². The van der Waals surface area contributed by atoms with Gasteiger partial charge in [0.05, 0.1) is 12.5 Å². The number of rotatable bonds is 5. The first-order chi connectivity index (χ1) is 9.56. The summed E-state index contributed by atoms with van der Waals surface area (Å²) in [6, 6.07) is 5.45. The summed E-state index contributed by atoms with van der Waals surface area (Å²) in [6.07, 6.45) is 3.19. The fourth-order valence-electron chi connectivity index (χ4n) is 1.44. The topological polar surface area (TPSA) is 69.8 Å². The lowest BCUT2D eigenvalue weighted by atomic mass is 10.5. The van der Waals surface area contributed by atoms with Gasteiger partial charge in [-0.15, -0.1) is 0 Å².